The summed E-state index contributed by atoms with van der Waals surface area (Å²) in [7, 11) is -2.20. The Kier molecular flexibility index (Phi) is 21.3. The van der Waals surface area contributed by atoms with E-state index in [2.05, 4.69) is 23.6 Å². The van der Waals surface area contributed by atoms with E-state index in [1.54, 1.807) is 10.6 Å². The molecule has 12 nitrogen and oxygen atoms in total. The summed E-state index contributed by atoms with van der Waals surface area (Å²) >= 11 is 0. The van der Waals surface area contributed by atoms with Crippen LogP contribution in [0.2, 0.25) is 0 Å². The van der Waals surface area contributed by atoms with Crippen LogP contribution in [0.1, 0.15) is 126 Å². The SMILES string of the molecule is C#N.CCCCCCCCCCCCCCCOCC(COP(O)OCC1CCC(c2ccc3c(N)ncnn23)O1)OCc1cc(F)cc(C#N)c1. The smallest absolute Gasteiger partial charge is 0.330 e. The maximum atomic E-state index is 14.0. The number of aromatic nitrogens is 3. The van der Waals surface area contributed by atoms with Gasteiger partial charge in [0.15, 0.2) is 5.82 Å². The number of hydrogen-bond donors (Lipinski definition) is 2. The average molecular weight is 743 g/mol. The molecule has 1 aliphatic rings. The molecular formula is C38H56FN6O6P. The summed E-state index contributed by atoms with van der Waals surface area (Å²) in [6.07, 6.45) is 18.7. The van der Waals surface area contributed by atoms with Gasteiger partial charge in [0.05, 0.1) is 49.9 Å². The lowest BCUT2D eigenvalue weighted by molar-refractivity contribution is -0.0493. The van der Waals surface area contributed by atoms with Crippen LogP contribution in [-0.4, -0.2) is 58.1 Å². The average Bonchev–Trinajstić information content (AvgIpc) is 3.82. The summed E-state index contributed by atoms with van der Waals surface area (Å²) < 4.78 is 45.1. The molecule has 3 heterocycles. The van der Waals surface area contributed by atoms with Crippen LogP contribution in [0.25, 0.3) is 5.52 Å². The molecule has 4 atom stereocenters. The van der Waals surface area contributed by atoms with Crippen LogP contribution in [0.15, 0.2) is 36.7 Å². The molecule has 1 saturated heterocycles. The molecule has 0 aliphatic carbocycles. The third-order valence-electron chi connectivity index (χ3n) is 8.96. The summed E-state index contributed by atoms with van der Waals surface area (Å²) in [6, 6.07) is 9.87. The number of halogens is 1. The molecule has 286 valence electrons. The van der Waals surface area contributed by atoms with Crippen molar-refractivity contribution in [3.05, 3.63) is 59.3 Å². The molecule has 0 bridgehead atoms. The molecule has 0 amide bonds. The zero-order valence-corrected chi connectivity index (χ0v) is 31.4. The highest BCUT2D eigenvalue weighted by molar-refractivity contribution is 7.40. The van der Waals surface area contributed by atoms with Crippen LogP contribution in [0, 0.1) is 29.0 Å². The van der Waals surface area contributed by atoms with E-state index in [0.717, 1.165) is 36.9 Å². The number of anilines is 1. The molecule has 4 rings (SSSR count). The minimum Gasteiger partial charge on any atom is -0.382 e. The number of fused-ring (bicyclic) bond motifs is 1. The van der Waals surface area contributed by atoms with Crippen molar-refractivity contribution in [2.75, 3.05) is 32.2 Å². The Morgan fingerprint density at radius 2 is 1.69 bits per heavy atom. The molecule has 3 N–H and O–H groups in total. The lowest BCUT2D eigenvalue weighted by Gasteiger charge is -2.20. The second kappa shape index (κ2) is 25.7. The largest absolute Gasteiger partial charge is 0.382 e. The first-order valence-electron chi connectivity index (χ1n) is 18.6. The number of nitrogen functional groups attached to an aromatic ring is 1. The molecule has 0 spiro atoms. The van der Waals surface area contributed by atoms with Crippen molar-refractivity contribution in [2.45, 2.75) is 128 Å². The van der Waals surface area contributed by atoms with Crippen LogP contribution >= 0.6 is 8.60 Å². The minimum atomic E-state index is -2.20. The van der Waals surface area contributed by atoms with Gasteiger partial charge in [-0.1, -0.05) is 84.0 Å². The Bertz CT molecular complexity index is 1490. The molecular weight excluding hydrogens is 686 g/mol. The monoisotopic (exact) mass is 742 g/mol. The van der Waals surface area contributed by atoms with E-state index >= 15 is 0 Å². The fourth-order valence-electron chi connectivity index (χ4n) is 6.19. The Morgan fingerprint density at radius 1 is 1.00 bits per heavy atom. The number of nitriles is 2. The maximum Gasteiger partial charge on any atom is 0.330 e. The van der Waals surface area contributed by atoms with Gasteiger partial charge in [0.25, 0.3) is 0 Å². The highest BCUT2D eigenvalue weighted by Gasteiger charge is 2.30. The number of hydrogen-bond acceptors (Lipinski definition) is 11. The number of nitrogens with zero attached hydrogens (tertiary/aromatic N) is 5. The van der Waals surface area contributed by atoms with E-state index in [4.69, 9.17) is 34.3 Å². The first-order valence-corrected chi connectivity index (χ1v) is 19.7. The number of ether oxygens (including phenoxy) is 3. The molecule has 1 aromatic carbocycles. The lowest BCUT2D eigenvalue weighted by atomic mass is 10.0. The van der Waals surface area contributed by atoms with Crippen molar-refractivity contribution in [1.29, 1.82) is 10.5 Å². The highest BCUT2D eigenvalue weighted by atomic mass is 31.2. The zero-order valence-electron chi connectivity index (χ0n) is 30.5. The van der Waals surface area contributed by atoms with E-state index in [9.17, 15) is 14.5 Å². The van der Waals surface area contributed by atoms with Crippen LogP contribution in [0.3, 0.4) is 0 Å². The van der Waals surface area contributed by atoms with Gasteiger partial charge in [0, 0.05) is 13.2 Å². The van der Waals surface area contributed by atoms with Crippen LogP contribution in [0.5, 0.6) is 0 Å². The summed E-state index contributed by atoms with van der Waals surface area (Å²) in [4.78, 5) is 14.6. The van der Waals surface area contributed by atoms with E-state index in [-0.39, 0.29) is 44.2 Å². The van der Waals surface area contributed by atoms with Gasteiger partial charge in [-0.15, -0.1) is 0 Å². The van der Waals surface area contributed by atoms with Crippen molar-refractivity contribution in [3.8, 4) is 12.6 Å². The van der Waals surface area contributed by atoms with Crippen molar-refractivity contribution in [3.63, 3.8) is 0 Å². The normalized spacial score (nSPS) is 16.7. The third kappa shape index (κ3) is 15.8. The Morgan fingerprint density at radius 3 is 2.38 bits per heavy atom. The Labute approximate surface area is 309 Å². The van der Waals surface area contributed by atoms with E-state index in [0.29, 0.717) is 18.0 Å². The summed E-state index contributed by atoms with van der Waals surface area (Å²) in [5.41, 5.74) is 8.33. The second-order valence-corrected chi connectivity index (χ2v) is 14.1. The number of rotatable bonds is 26. The van der Waals surface area contributed by atoms with Gasteiger partial charge in [0.1, 0.15) is 29.9 Å². The van der Waals surface area contributed by atoms with Gasteiger partial charge < -0.3 is 33.9 Å². The van der Waals surface area contributed by atoms with E-state index in [1.165, 1.54) is 89.1 Å². The molecule has 3 aromatic rings. The summed E-state index contributed by atoms with van der Waals surface area (Å²) in [5, 5.41) is 20.0. The van der Waals surface area contributed by atoms with Crippen molar-refractivity contribution in [2.24, 2.45) is 0 Å². The zero-order chi connectivity index (χ0) is 37.4. The first-order chi connectivity index (χ1) is 25.5. The standard InChI is InChI=1S/C37H55FN5O6P.CHN/c1-2-3-4-5-6-7-8-9-10-11-12-13-14-19-45-25-33(46-24-30-20-29(23-39)21-31(38)22-30)27-48-50(44)47-26-32-15-18-36(49-32)34-16-17-35-37(40)41-28-42-43(34)35;1-2/h16-17,20-22,28,32-33,36,44H,2-15,18-19,24-27H2,1H3,(H2,40,41,42);1H. The summed E-state index contributed by atoms with van der Waals surface area (Å²) in [6.45, 7) is 6.85. The van der Waals surface area contributed by atoms with Crippen molar-refractivity contribution in [1.82, 2.24) is 14.6 Å². The molecule has 52 heavy (non-hydrogen) atoms. The van der Waals surface area contributed by atoms with Crippen molar-refractivity contribution >= 4 is 19.9 Å². The van der Waals surface area contributed by atoms with Crippen LogP contribution < -0.4 is 5.73 Å². The Balaban J connectivity index is 0.00000358. The van der Waals surface area contributed by atoms with E-state index < -0.39 is 20.5 Å². The summed E-state index contributed by atoms with van der Waals surface area (Å²) in [5.74, 6) is -0.0948. The second-order valence-electron chi connectivity index (χ2n) is 13.1. The number of benzene rings is 1. The molecule has 1 fully saturated rings. The molecule has 2 aromatic heterocycles. The van der Waals surface area contributed by atoms with Crippen LogP contribution in [-0.2, 0) is 29.9 Å². The maximum absolute atomic E-state index is 14.0. The van der Waals surface area contributed by atoms with E-state index in [1.807, 2.05) is 18.2 Å². The lowest BCUT2D eigenvalue weighted by Crippen LogP contribution is -2.25. The minimum absolute atomic E-state index is 0.0205. The van der Waals surface area contributed by atoms with Gasteiger partial charge in [-0.2, -0.15) is 10.4 Å². The van der Waals surface area contributed by atoms with Gasteiger partial charge in [-0.05, 0) is 55.2 Å². The molecule has 4 unspecified atom stereocenters. The molecule has 0 radical (unpaired) electrons. The van der Waals surface area contributed by atoms with Crippen molar-refractivity contribution < 1.29 is 32.5 Å². The molecule has 1 aliphatic heterocycles. The fourth-order valence-corrected chi connectivity index (χ4v) is 6.85. The first kappa shape index (κ1) is 43.1. The van der Waals surface area contributed by atoms with Gasteiger partial charge in [-0.25, -0.2) is 19.2 Å². The molecule has 0 saturated carbocycles. The molecule has 14 heteroatoms. The fraction of sp³-hybridized carbons (Fsp3) is 0.632. The highest BCUT2D eigenvalue weighted by Crippen LogP contribution is 2.38. The quantitative estimate of drug-likeness (QED) is 0.0596. The van der Waals surface area contributed by atoms with Crippen LogP contribution in [0.4, 0.5) is 10.2 Å². The van der Waals surface area contributed by atoms with Gasteiger partial charge >= 0.3 is 8.60 Å². The predicted octanol–water partition coefficient (Wildman–Crippen LogP) is 8.63. The Hall–Kier alpha value is -3.26. The number of nitrogens with two attached hydrogens (primary N) is 1. The van der Waals surface area contributed by atoms with Gasteiger partial charge in [0.2, 0.25) is 0 Å². The predicted molar refractivity (Wildman–Crippen MR) is 198 cm³/mol. The topological polar surface area (TPSA) is 170 Å². The van der Waals surface area contributed by atoms with Gasteiger partial charge in [-0.3, -0.25) is 0 Å². The third-order valence-corrected chi connectivity index (χ3v) is 9.70. The number of unbranched alkanes of at least 4 members (excludes halogenated alkanes) is 12.